The van der Waals surface area contributed by atoms with Gasteiger partial charge >= 0.3 is 6.03 Å². The maximum atomic E-state index is 12.8. The number of hydrogen-bond acceptors (Lipinski definition) is 6. The van der Waals surface area contributed by atoms with Gasteiger partial charge in [0.2, 0.25) is 12.7 Å². The largest absolute Gasteiger partial charge is 0.489 e. The van der Waals surface area contributed by atoms with Crippen LogP contribution in [0.15, 0.2) is 72.8 Å². The molecule has 2 aliphatic rings. The summed E-state index contributed by atoms with van der Waals surface area (Å²) < 4.78 is 16.4. The monoisotopic (exact) mass is 473 g/mol. The van der Waals surface area contributed by atoms with Gasteiger partial charge in [0.1, 0.15) is 18.4 Å². The third-order valence-corrected chi connectivity index (χ3v) is 5.66. The van der Waals surface area contributed by atoms with Crippen LogP contribution in [0.3, 0.4) is 0 Å². The molecular formula is C26H23N3O6. The van der Waals surface area contributed by atoms with Gasteiger partial charge in [0, 0.05) is 5.69 Å². The zero-order valence-electron chi connectivity index (χ0n) is 18.7. The molecule has 2 N–H and O–H groups in total. The fourth-order valence-electron chi connectivity index (χ4n) is 3.86. The molecule has 178 valence electrons. The highest BCUT2D eigenvalue weighted by molar-refractivity contribution is 6.06. The maximum Gasteiger partial charge on any atom is 0.325 e. The number of anilines is 1. The van der Waals surface area contributed by atoms with Crippen LogP contribution in [0, 0.1) is 0 Å². The van der Waals surface area contributed by atoms with Crippen molar-refractivity contribution in [1.29, 1.82) is 0 Å². The van der Waals surface area contributed by atoms with Gasteiger partial charge in [-0.2, -0.15) is 0 Å². The highest BCUT2D eigenvalue weighted by atomic mass is 16.7. The van der Waals surface area contributed by atoms with Gasteiger partial charge in [-0.25, -0.2) is 4.79 Å². The Balaban J connectivity index is 1.13. The van der Waals surface area contributed by atoms with Gasteiger partial charge in [-0.3, -0.25) is 14.5 Å². The number of urea groups is 1. The molecule has 0 aliphatic carbocycles. The molecule has 0 unspecified atom stereocenters. The van der Waals surface area contributed by atoms with Crippen molar-refractivity contribution in [3.05, 3.63) is 83.9 Å². The van der Waals surface area contributed by atoms with Gasteiger partial charge in [-0.15, -0.1) is 0 Å². The van der Waals surface area contributed by atoms with Crippen LogP contribution in [0.2, 0.25) is 0 Å². The molecule has 3 aromatic carbocycles. The third-order valence-electron chi connectivity index (χ3n) is 5.66. The Morgan fingerprint density at radius 2 is 1.74 bits per heavy atom. The van der Waals surface area contributed by atoms with Gasteiger partial charge in [-0.1, -0.05) is 36.4 Å². The van der Waals surface area contributed by atoms with Crippen LogP contribution in [0.5, 0.6) is 17.2 Å². The number of nitrogens with zero attached hydrogens (tertiary/aromatic N) is 1. The van der Waals surface area contributed by atoms with Crippen molar-refractivity contribution in [2.24, 2.45) is 0 Å². The normalized spacial score (nSPS) is 16.2. The lowest BCUT2D eigenvalue weighted by atomic mass is 10.1. The molecule has 2 heterocycles. The molecule has 0 spiro atoms. The smallest absolute Gasteiger partial charge is 0.325 e. The zero-order chi connectivity index (χ0) is 24.2. The van der Waals surface area contributed by atoms with Crippen LogP contribution >= 0.6 is 0 Å². The summed E-state index contributed by atoms with van der Waals surface area (Å²) in [6.07, 6.45) is -0.172. The van der Waals surface area contributed by atoms with E-state index in [0.29, 0.717) is 29.5 Å². The Morgan fingerprint density at radius 3 is 2.54 bits per heavy atom. The summed E-state index contributed by atoms with van der Waals surface area (Å²) in [7, 11) is 0. The average Bonchev–Trinajstić information content (AvgIpc) is 3.44. The second-order valence-corrected chi connectivity index (χ2v) is 8.17. The predicted molar refractivity (Wildman–Crippen MR) is 126 cm³/mol. The van der Waals surface area contributed by atoms with Crippen LogP contribution in [0.25, 0.3) is 0 Å². The molecule has 1 saturated heterocycles. The Morgan fingerprint density at radius 1 is 0.971 bits per heavy atom. The Kier molecular flexibility index (Phi) is 6.21. The molecule has 5 rings (SSSR count). The standard InChI is InChI=1S/C26H23N3O6/c30-24(27-19-7-9-20(10-8-19)33-15-17-4-2-1-3-5-17)13-21-25(31)29(26(32)28-21)14-18-6-11-22-23(12-18)35-16-34-22/h1-12,21H,13-16H2,(H,27,30)(H,28,32)/t21-/m0/s1. The Hall–Kier alpha value is -4.53. The summed E-state index contributed by atoms with van der Waals surface area (Å²) in [5.74, 6) is 1.03. The van der Waals surface area contributed by atoms with Gasteiger partial charge in [-0.05, 0) is 47.5 Å². The van der Waals surface area contributed by atoms with Crippen molar-refractivity contribution in [3.8, 4) is 17.2 Å². The maximum absolute atomic E-state index is 12.8. The number of benzene rings is 3. The minimum absolute atomic E-state index is 0.0733. The first-order valence-corrected chi connectivity index (χ1v) is 11.1. The van der Waals surface area contributed by atoms with Crippen molar-refractivity contribution in [1.82, 2.24) is 10.2 Å². The number of ether oxygens (including phenoxy) is 3. The van der Waals surface area contributed by atoms with Gasteiger partial charge in [0.15, 0.2) is 11.5 Å². The summed E-state index contributed by atoms with van der Waals surface area (Å²) in [6, 6.07) is 20.5. The van der Waals surface area contributed by atoms with E-state index in [4.69, 9.17) is 14.2 Å². The molecule has 3 aromatic rings. The highest BCUT2D eigenvalue weighted by Gasteiger charge is 2.39. The fraction of sp³-hybridized carbons (Fsp3) is 0.192. The number of carbonyl (C=O) groups excluding carboxylic acids is 3. The second-order valence-electron chi connectivity index (χ2n) is 8.17. The molecule has 9 heteroatoms. The fourth-order valence-corrected chi connectivity index (χ4v) is 3.86. The number of imide groups is 1. The molecule has 0 aromatic heterocycles. The zero-order valence-corrected chi connectivity index (χ0v) is 18.7. The summed E-state index contributed by atoms with van der Waals surface area (Å²) in [4.78, 5) is 38.7. The molecule has 4 amide bonds. The number of carbonyl (C=O) groups is 3. The van der Waals surface area contributed by atoms with Crippen molar-refractivity contribution >= 4 is 23.5 Å². The number of amides is 4. The average molecular weight is 473 g/mol. The summed E-state index contributed by atoms with van der Waals surface area (Å²) in [5, 5.41) is 5.34. The van der Waals surface area contributed by atoms with Crippen molar-refractivity contribution in [2.45, 2.75) is 25.6 Å². The summed E-state index contributed by atoms with van der Waals surface area (Å²) in [6.45, 7) is 0.658. The van der Waals surface area contributed by atoms with E-state index >= 15 is 0 Å². The van der Waals surface area contributed by atoms with E-state index in [2.05, 4.69) is 10.6 Å². The van der Waals surface area contributed by atoms with E-state index in [9.17, 15) is 14.4 Å². The SMILES string of the molecule is O=C(C[C@@H]1NC(=O)N(Cc2ccc3c(c2)OCO3)C1=O)Nc1ccc(OCc2ccccc2)cc1. The van der Waals surface area contributed by atoms with E-state index in [-0.39, 0.29) is 25.7 Å². The number of nitrogens with one attached hydrogen (secondary N) is 2. The van der Waals surface area contributed by atoms with Crippen LogP contribution in [-0.2, 0) is 22.7 Å². The highest BCUT2D eigenvalue weighted by Crippen LogP contribution is 2.33. The van der Waals surface area contributed by atoms with E-state index in [1.807, 2.05) is 30.3 Å². The first-order chi connectivity index (χ1) is 17.0. The molecular weight excluding hydrogens is 450 g/mol. The van der Waals surface area contributed by atoms with Crippen LogP contribution in [-0.4, -0.2) is 35.6 Å². The minimum atomic E-state index is -0.926. The molecule has 1 fully saturated rings. The van der Waals surface area contributed by atoms with Gasteiger partial charge in [0.25, 0.3) is 5.91 Å². The second kappa shape index (κ2) is 9.76. The molecule has 0 saturated carbocycles. The minimum Gasteiger partial charge on any atom is -0.489 e. The Labute approximate surface area is 201 Å². The first kappa shape index (κ1) is 22.3. The van der Waals surface area contributed by atoms with Crippen LogP contribution < -0.4 is 24.8 Å². The molecule has 1 atom stereocenters. The molecule has 35 heavy (non-hydrogen) atoms. The lowest BCUT2D eigenvalue weighted by Gasteiger charge is -2.13. The number of fused-ring (bicyclic) bond motifs is 1. The van der Waals surface area contributed by atoms with Gasteiger partial charge in [0.05, 0.1) is 13.0 Å². The van der Waals surface area contributed by atoms with Crippen molar-refractivity contribution < 1.29 is 28.6 Å². The predicted octanol–water partition coefficient (Wildman–Crippen LogP) is 3.44. The first-order valence-electron chi connectivity index (χ1n) is 11.1. The van der Waals surface area contributed by atoms with E-state index < -0.39 is 18.0 Å². The Bertz CT molecular complexity index is 1250. The van der Waals surface area contributed by atoms with E-state index in [0.717, 1.165) is 16.0 Å². The lowest BCUT2D eigenvalue weighted by molar-refractivity contribution is -0.130. The van der Waals surface area contributed by atoms with E-state index in [1.165, 1.54) is 0 Å². The van der Waals surface area contributed by atoms with E-state index in [1.54, 1.807) is 42.5 Å². The van der Waals surface area contributed by atoms with Crippen molar-refractivity contribution in [3.63, 3.8) is 0 Å². The number of rotatable bonds is 8. The topological polar surface area (TPSA) is 106 Å². The molecule has 9 nitrogen and oxygen atoms in total. The molecule has 0 radical (unpaired) electrons. The molecule has 2 aliphatic heterocycles. The third kappa shape index (κ3) is 5.19. The van der Waals surface area contributed by atoms with Gasteiger partial charge < -0.3 is 24.8 Å². The van der Waals surface area contributed by atoms with Crippen LogP contribution in [0.1, 0.15) is 17.5 Å². The lowest BCUT2D eigenvalue weighted by Crippen LogP contribution is -2.34. The summed E-state index contributed by atoms with van der Waals surface area (Å²) >= 11 is 0. The van der Waals surface area contributed by atoms with Crippen molar-refractivity contribution in [2.75, 3.05) is 12.1 Å². The number of hydrogen-bond donors (Lipinski definition) is 2. The van der Waals surface area contributed by atoms with Crippen LogP contribution in [0.4, 0.5) is 10.5 Å². The quantitative estimate of drug-likeness (QED) is 0.486. The summed E-state index contributed by atoms with van der Waals surface area (Å²) in [5.41, 5.74) is 2.34. The molecule has 0 bridgehead atoms.